The molecule has 20 heavy (non-hydrogen) atoms. The summed E-state index contributed by atoms with van der Waals surface area (Å²) in [5, 5.41) is 3.44. The number of ether oxygens (including phenoxy) is 4. The fourth-order valence-electron chi connectivity index (χ4n) is 1.79. The molecule has 0 spiro atoms. The molecule has 1 aliphatic rings. The molecule has 0 aromatic heterocycles. The van der Waals surface area contributed by atoms with Gasteiger partial charge in [0.2, 0.25) is 6.79 Å². The van der Waals surface area contributed by atoms with E-state index in [1.165, 1.54) is 0 Å². The van der Waals surface area contributed by atoms with E-state index in [1.54, 1.807) is 0 Å². The highest BCUT2D eigenvalue weighted by Crippen LogP contribution is 2.38. The maximum absolute atomic E-state index is 5.67. The summed E-state index contributed by atoms with van der Waals surface area (Å²) in [6.07, 6.45) is 0. The van der Waals surface area contributed by atoms with Gasteiger partial charge < -0.3 is 24.3 Å². The van der Waals surface area contributed by atoms with Crippen LogP contribution >= 0.6 is 0 Å². The van der Waals surface area contributed by atoms with E-state index in [9.17, 15) is 0 Å². The van der Waals surface area contributed by atoms with Crippen LogP contribution in [0.15, 0.2) is 12.1 Å². The Labute approximate surface area is 120 Å². The van der Waals surface area contributed by atoms with E-state index in [-0.39, 0.29) is 19.1 Å². The molecule has 0 fully saturated rings. The lowest BCUT2D eigenvalue weighted by Crippen LogP contribution is -2.35. The molecule has 112 valence electrons. The molecule has 5 heteroatoms. The number of hydrogen-bond donors (Lipinski definition) is 1. The maximum Gasteiger partial charge on any atom is 0.231 e. The van der Waals surface area contributed by atoms with Gasteiger partial charge in [-0.25, -0.2) is 0 Å². The minimum atomic E-state index is 0.0353. The van der Waals surface area contributed by atoms with Crippen LogP contribution in [0, 0.1) is 0 Å². The highest BCUT2D eigenvalue weighted by molar-refractivity contribution is 5.51. The van der Waals surface area contributed by atoms with Gasteiger partial charge in [0.25, 0.3) is 0 Å². The summed E-state index contributed by atoms with van der Waals surface area (Å²) in [7, 11) is 0. The molecule has 1 heterocycles. The minimum absolute atomic E-state index is 0.0353. The summed E-state index contributed by atoms with van der Waals surface area (Å²) in [5.74, 6) is 2.25. The van der Waals surface area contributed by atoms with Crippen molar-refractivity contribution in [2.45, 2.75) is 39.8 Å². The van der Waals surface area contributed by atoms with E-state index < -0.39 is 0 Å². The monoisotopic (exact) mass is 281 g/mol. The highest BCUT2D eigenvalue weighted by atomic mass is 16.7. The number of hydrogen-bond acceptors (Lipinski definition) is 5. The zero-order valence-electron chi connectivity index (χ0n) is 12.6. The first kappa shape index (κ1) is 14.9. The third kappa shape index (κ3) is 4.02. The fourth-order valence-corrected chi connectivity index (χ4v) is 1.79. The molecule has 0 unspecified atom stereocenters. The predicted molar refractivity (Wildman–Crippen MR) is 76.3 cm³/mol. The Balaban J connectivity index is 2.13. The van der Waals surface area contributed by atoms with Crippen LogP contribution in [0.3, 0.4) is 0 Å². The molecular formula is C15H23NO4. The van der Waals surface area contributed by atoms with Crippen molar-refractivity contribution in [2.75, 3.05) is 20.2 Å². The minimum Gasteiger partial charge on any atom is -0.467 e. The Kier molecular flexibility index (Phi) is 4.73. The van der Waals surface area contributed by atoms with Crippen LogP contribution in [-0.2, 0) is 11.3 Å². The summed E-state index contributed by atoms with van der Waals surface area (Å²) >= 11 is 0. The summed E-state index contributed by atoms with van der Waals surface area (Å²) in [6.45, 7) is 10.1. The SMILES string of the molecule is CCOCOc1cc2c(cc1CNC(C)(C)C)OCO2. The van der Waals surface area contributed by atoms with E-state index in [4.69, 9.17) is 18.9 Å². The van der Waals surface area contributed by atoms with E-state index >= 15 is 0 Å². The molecular weight excluding hydrogens is 258 g/mol. The van der Waals surface area contributed by atoms with Gasteiger partial charge in [-0.3, -0.25) is 0 Å². The third-order valence-corrected chi connectivity index (χ3v) is 2.87. The van der Waals surface area contributed by atoms with Gasteiger partial charge in [0.1, 0.15) is 5.75 Å². The van der Waals surface area contributed by atoms with E-state index in [2.05, 4.69) is 26.1 Å². The van der Waals surface area contributed by atoms with Crippen molar-refractivity contribution in [3.63, 3.8) is 0 Å². The molecule has 5 nitrogen and oxygen atoms in total. The fraction of sp³-hybridized carbons (Fsp3) is 0.600. The van der Waals surface area contributed by atoms with Crippen LogP contribution in [-0.4, -0.2) is 25.7 Å². The van der Waals surface area contributed by atoms with Gasteiger partial charge in [-0.1, -0.05) is 0 Å². The second-order valence-corrected chi connectivity index (χ2v) is 5.67. The van der Waals surface area contributed by atoms with Crippen LogP contribution in [0.2, 0.25) is 0 Å². The quantitative estimate of drug-likeness (QED) is 0.641. The molecule has 1 aromatic carbocycles. The molecule has 0 radical (unpaired) electrons. The van der Waals surface area contributed by atoms with Gasteiger partial charge in [-0.05, 0) is 33.8 Å². The third-order valence-electron chi connectivity index (χ3n) is 2.87. The zero-order valence-corrected chi connectivity index (χ0v) is 12.6. The molecule has 1 N–H and O–H groups in total. The van der Waals surface area contributed by atoms with E-state index in [0.29, 0.717) is 13.2 Å². The molecule has 2 rings (SSSR count). The van der Waals surface area contributed by atoms with Crippen molar-refractivity contribution in [1.29, 1.82) is 0 Å². The second-order valence-electron chi connectivity index (χ2n) is 5.67. The Hall–Kier alpha value is -1.46. The van der Waals surface area contributed by atoms with Crippen molar-refractivity contribution in [1.82, 2.24) is 5.32 Å². The van der Waals surface area contributed by atoms with Gasteiger partial charge in [-0.15, -0.1) is 0 Å². The summed E-state index contributed by atoms with van der Waals surface area (Å²) in [6, 6.07) is 3.82. The highest BCUT2D eigenvalue weighted by Gasteiger charge is 2.19. The lowest BCUT2D eigenvalue weighted by molar-refractivity contribution is 0.0216. The van der Waals surface area contributed by atoms with Gasteiger partial charge in [0, 0.05) is 30.3 Å². The Morgan fingerprint density at radius 3 is 2.55 bits per heavy atom. The molecule has 0 saturated heterocycles. The molecule has 0 aliphatic carbocycles. The molecule has 0 amide bonds. The Morgan fingerprint density at radius 2 is 1.90 bits per heavy atom. The Bertz CT molecular complexity index is 454. The van der Waals surface area contributed by atoms with Crippen molar-refractivity contribution in [3.05, 3.63) is 17.7 Å². The maximum atomic E-state index is 5.67. The van der Waals surface area contributed by atoms with Crippen molar-refractivity contribution in [3.8, 4) is 17.2 Å². The van der Waals surface area contributed by atoms with E-state index in [0.717, 1.165) is 22.8 Å². The van der Waals surface area contributed by atoms with Crippen LogP contribution in [0.25, 0.3) is 0 Å². The number of rotatable bonds is 6. The summed E-state index contributed by atoms with van der Waals surface area (Å²) in [5.41, 5.74) is 1.07. The molecule has 0 bridgehead atoms. The first-order valence-corrected chi connectivity index (χ1v) is 6.87. The van der Waals surface area contributed by atoms with Gasteiger partial charge in [-0.2, -0.15) is 0 Å². The molecule has 0 atom stereocenters. The van der Waals surface area contributed by atoms with Crippen molar-refractivity contribution in [2.24, 2.45) is 0 Å². The number of benzene rings is 1. The van der Waals surface area contributed by atoms with Crippen LogP contribution in [0.5, 0.6) is 17.2 Å². The normalized spacial score (nSPS) is 13.6. The molecule has 1 aromatic rings. The van der Waals surface area contributed by atoms with Gasteiger partial charge in [0.05, 0.1) is 0 Å². The molecule has 1 aliphatic heterocycles. The first-order chi connectivity index (χ1) is 9.49. The summed E-state index contributed by atoms with van der Waals surface area (Å²) < 4.78 is 21.7. The molecule has 0 saturated carbocycles. The topological polar surface area (TPSA) is 49.0 Å². The largest absolute Gasteiger partial charge is 0.467 e. The lowest BCUT2D eigenvalue weighted by atomic mass is 10.1. The van der Waals surface area contributed by atoms with Gasteiger partial charge >= 0.3 is 0 Å². The average Bonchev–Trinajstić information content (AvgIpc) is 2.82. The second kappa shape index (κ2) is 6.33. The first-order valence-electron chi connectivity index (χ1n) is 6.87. The van der Waals surface area contributed by atoms with Gasteiger partial charge in [0.15, 0.2) is 18.3 Å². The summed E-state index contributed by atoms with van der Waals surface area (Å²) in [4.78, 5) is 0. The zero-order chi connectivity index (χ0) is 14.6. The van der Waals surface area contributed by atoms with Crippen LogP contribution < -0.4 is 19.5 Å². The number of nitrogens with one attached hydrogen (secondary N) is 1. The Morgan fingerprint density at radius 1 is 1.20 bits per heavy atom. The van der Waals surface area contributed by atoms with Crippen LogP contribution in [0.1, 0.15) is 33.3 Å². The smallest absolute Gasteiger partial charge is 0.231 e. The standard InChI is InChI=1S/C15H23NO4/c1-5-17-9-18-12-7-14-13(19-10-20-14)6-11(12)8-16-15(2,3)4/h6-7,16H,5,8-10H2,1-4H3. The van der Waals surface area contributed by atoms with E-state index in [1.807, 2.05) is 19.1 Å². The van der Waals surface area contributed by atoms with Crippen molar-refractivity contribution < 1.29 is 18.9 Å². The number of fused-ring (bicyclic) bond motifs is 1. The van der Waals surface area contributed by atoms with Crippen molar-refractivity contribution >= 4 is 0 Å². The predicted octanol–water partition coefficient (Wildman–Crippen LogP) is 2.68. The van der Waals surface area contributed by atoms with Crippen LogP contribution in [0.4, 0.5) is 0 Å². The average molecular weight is 281 g/mol. The lowest BCUT2D eigenvalue weighted by Gasteiger charge is -2.22.